The summed E-state index contributed by atoms with van der Waals surface area (Å²) in [6, 6.07) is 6.89. The van der Waals surface area contributed by atoms with Crippen molar-refractivity contribution in [3.63, 3.8) is 0 Å². The van der Waals surface area contributed by atoms with Crippen molar-refractivity contribution in [3.8, 4) is 0 Å². The lowest BCUT2D eigenvalue weighted by Crippen LogP contribution is -2.38. The van der Waals surface area contributed by atoms with Crippen LogP contribution in [0.5, 0.6) is 0 Å². The fourth-order valence-corrected chi connectivity index (χ4v) is 1.52. The Kier molecular flexibility index (Phi) is 5.69. The van der Waals surface area contributed by atoms with Crippen LogP contribution in [0, 0.1) is 0 Å². The molecule has 21 heavy (non-hydrogen) atoms. The molecule has 0 aliphatic heterocycles. The van der Waals surface area contributed by atoms with E-state index >= 15 is 0 Å². The van der Waals surface area contributed by atoms with Gasteiger partial charge in [0, 0.05) is 0 Å². The monoisotopic (exact) mass is 312 g/mol. The molecule has 0 bridgehead atoms. The van der Waals surface area contributed by atoms with Gasteiger partial charge in [-0.2, -0.15) is 13.2 Å². The Hall–Kier alpha value is -1.21. The smallest absolute Gasteiger partial charge is 0.231 e. The standard InChI is InChI=1S/C14H17F5O2/c1-13(2,3)10-6-4-9(5-7-10)8-20-21-11(12(15)16)14(17,18)19/h4-7,11-12H,8H2,1-3H3. The van der Waals surface area contributed by atoms with Crippen LogP contribution in [0.4, 0.5) is 22.0 Å². The first-order valence-electron chi connectivity index (χ1n) is 6.24. The second kappa shape index (κ2) is 6.70. The van der Waals surface area contributed by atoms with Gasteiger partial charge >= 0.3 is 6.18 Å². The van der Waals surface area contributed by atoms with E-state index in [1.165, 1.54) is 0 Å². The Bertz CT molecular complexity index is 434. The summed E-state index contributed by atoms with van der Waals surface area (Å²) in [6.45, 7) is 5.69. The van der Waals surface area contributed by atoms with Crippen molar-refractivity contribution in [2.24, 2.45) is 0 Å². The van der Waals surface area contributed by atoms with Gasteiger partial charge in [0.1, 0.15) is 6.61 Å². The molecule has 1 aromatic rings. The van der Waals surface area contributed by atoms with Gasteiger partial charge in [0.15, 0.2) is 0 Å². The van der Waals surface area contributed by atoms with Crippen molar-refractivity contribution in [2.75, 3.05) is 0 Å². The molecule has 0 saturated carbocycles. The van der Waals surface area contributed by atoms with Gasteiger partial charge in [0.25, 0.3) is 6.43 Å². The van der Waals surface area contributed by atoms with Gasteiger partial charge in [-0.05, 0) is 16.5 Å². The lowest BCUT2D eigenvalue weighted by molar-refractivity contribution is -0.402. The van der Waals surface area contributed by atoms with E-state index < -0.39 is 18.7 Å². The maximum Gasteiger partial charge on any atom is 0.423 e. The summed E-state index contributed by atoms with van der Waals surface area (Å²) in [5.41, 5.74) is 1.50. The van der Waals surface area contributed by atoms with Gasteiger partial charge in [-0.25, -0.2) is 18.6 Å². The minimum atomic E-state index is -5.18. The first-order valence-corrected chi connectivity index (χ1v) is 6.24. The van der Waals surface area contributed by atoms with E-state index in [1.54, 1.807) is 24.3 Å². The van der Waals surface area contributed by atoms with Gasteiger partial charge < -0.3 is 0 Å². The van der Waals surface area contributed by atoms with E-state index in [1.807, 2.05) is 20.8 Å². The molecule has 0 amide bonds. The maximum absolute atomic E-state index is 12.2. The summed E-state index contributed by atoms with van der Waals surface area (Å²) < 4.78 is 60.9. The largest absolute Gasteiger partial charge is 0.423 e. The third-order valence-corrected chi connectivity index (χ3v) is 2.77. The molecule has 0 spiro atoms. The Labute approximate surface area is 119 Å². The van der Waals surface area contributed by atoms with E-state index in [9.17, 15) is 22.0 Å². The van der Waals surface area contributed by atoms with Crippen LogP contribution in [-0.4, -0.2) is 18.7 Å². The average Bonchev–Trinajstić information content (AvgIpc) is 2.32. The molecule has 0 N–H and O–H groups in total. The molecule has 2 nitrogen and oxygen atoms in total. The number of benzene rings is 1. The van der Waals surface area contributed by atoms with Crippen LogP contribution in [-0.2, 0) is 21.8 Å². The molecule has 0 aliphatic carbocycles. The number of hydrogen-bond acceptors (Lipinski definition) is 2. The van der Waals surface area contributed by atoms with E-state index in [4.69, 9.17) is 0 Å². The fourth-order valence-electron chi connectivity index (χ4n) is 1.52. The van der Waals surface area contributed by atoms with Crippen LogP contribution in [0.2, 0.25) is 0 Å². The summed E-state index contributed by atoms with van der Waals surface area (Å²) >= 11 is 0. The molecule has 1 aromatic carbocycles. The molecule has 1 rings (SSSR count). The van der Waals surface area contributed by atoms with Gasteiger partial charge in [-0.15, -0.1) is 0 Å². The quantitative estimate of drug-likeness (QED) is 0.448. The van der Waals surface area contributed by atoms with Crippen LogP contribution >= 0.6 is 0 Å². The summed E-state index contributed by atoms with van der Waals surface area (Å²) in [5.74, 6) is 0. The average molecular weight is 312 g/mol. The zero-order valence-corrected chi connectivity index (χ0v) is 11.9. The topological polar surface area (TPSA) is 18.5 Å². The lowest BCUT2D eigenvalue weighted by Gasteiger charge is -2.20. The Morgan fingerprint density at radius 2 is 1.52 bits per heavy atom. The molecule has 0 heterocycles. The van der Waals surface area contributed by atoms with E-state index in [-0.39, 0.29) is 12.0 Å². The number of halogens is 5. The third kappa shape index (κ3) is 5.59. The second-order valence-corrected chi connectivity index (χ2v) is 5.60. The van der Waals surface area contributed by atoms with E-state index in [0.29, 0.717) is 5.56 Å². The zero-order chi connectivity index (χ0) is 16.3. The Morgan fingerprint density at radius 1 is 1.00 bits per heavy atom. The number of hydrogen-bond donors (Lipinski definition) is 0. The highest BCUT2D eigenvalue weighted by Crippen LogP contribution is 2.28. The van der Waals surface area contributed by atoms with Gasteiger partial charge in [0.2, 0.25) is 6.10 Å². The molecular weight excluding hydrogens is 295 g/mol. The molecule has 1 unspecified atom stereocenters. The second-order valence-electron chi connectivity index (χ2n) is 5.60. The highest BCUT2D eigenvalue weighted by Gasteiger charge is 2.48. The fraction of sp³-hybridized carbons (Fsp3) is 0.571. The lowest BCUT2D eigenvalue weighted by atomic mass is 9.87. The predicted octanol–water partition coefficient (Wildman–Crippen LogP) is 4.63. The van der Waals surface area contributed by atoms with Gasteiger partial charge in [0.05, 0.1) is 0 Å². The Balaban J connectivity index is 2.56. The summed E-state index contributed by atoms with van der Waals surface area (Å²) in [6.07, 6.45) is -12.1. The molecule has 0 saturated heterocycles. The highest BCUT2D eigenvalue weighted by atomic mass is 19.4. The summed E-state index contributed by atoms with van der Waals surface area (Å²) in [5, 5.41) is 0. The third-order valence-electron chi connectivity index (χ3n) is 2.77. The van der Waals surface area contributed by atoms with Crippen LogP contribution < -0.4 is 0 Å². The molecule has 1 atom stereocenters. The van der Waals surface area contributed by atoms with Crippen molar-refractivity contribution in [2.45, 2.75) is 51.5 Å². The highest BCUT2D eigenvalue weighted by molar-refractivity contribution is 5.27. The first kappa shape index (κ1) is 17.8. The van der Waals surface area contributed by atoms with Crippen molar-refractivity contribution < 1.29 is 31.7 Å². The van der Waals surface area contributed by atoms with Gasteiger partial charge in [-0.3, -0.25) is 0 Å². The number of alkyl halides is 5. The minimum Gasteiger partial charge on any atom is -0.231 e. The molecular formula is C14H17F5O2. The molecule has 0 aromatic heterocycles. The Morgan fingerprint density at radius 3 is 1.90 bits per heavy atom. The number of rotatable bonds is 5. The van der Waals surface area contributed by atoms with Crippen molar-refractivity contribution in [1.82, 2.24) is 0 Å². The predicted molar refractivity (Wildman–Crippen MR) is 66.9 cm³/mol. The molecule has 120 valence electrons. The SMILES string of the molecule is CC(C)(C)c1ccc(COOC(C(F)F)C(F)(F)F)cc1. The first-order chi connectivity index (χ1) is 9.51. The van der Waals surface area contributed by atoms with E-state index in [0.717, 1.165) is 5.56 Å². The van der Waals surface area contributed by atoms with Crippen molar-refractivity contribution >= 4 is 0 Å². The molecule has 0 radical (unpaired) electrons. The van der Waals surface area contributed by atoms with Crippen molar-refractivity contribution in [1.29, 1.82) is 0 Å². The zero-order valence-electron chi connectivity index (χ0n) is 11.9. The van der Waals surface area contributed by atoms with Crippen molar-refractivity contribution in [3.05, 3.63) is 35.4 Å². The molecule has 0 fully saturated rings. The normalized spacial score (nSPS) is 14.5. The summed E-state index contributed by atoms with van der Waals surface area (Å²) in [4.78, 5) is 8.09. The minimum absolute atomic E-state index is 0.0626. The molecule has 7 heteroatoms. The van der Waals surface area contributed by atoms with Crippen LogP contribution in [0.25, 0.3) is 0 Å². The van der Waals surface area contributed by atoms with Crippen LogP contribution in [0.1, 0.15) is 31.9 Å². The van der Waals surface area contributed by atoms with Crippen LogP contribution in [0.3, 0.4) is 0 Å². The maximum atomic E-state index is 12.2. The van der Waals surface area contributed by atoms with E-state index in [2.05, 4.69) is 9.78 Å². The summed E-state index contributed by atoms with van der Waals surface area (Å²) in [7, 11) is 0. The molecule has 0 aliphatic rings. The van der Waals surface area contributed by atoms with Crippen LogP contribution in [0.15, 0.2) is 24.3 Å². The van der Waals surface area contributed by atoms with Gasteiger partial charge in [-0.1, -0.05) is 45.0 Å².